The fourth-order valence-electron chi connectivity index (χ4n) is 4.12. The quantitative estimate of drug-likeness (QED) is 0.412. The lowest BCUT2D eigenvalue weighted by Crippen LogP contribution is -2.16. The second kappa shape index (κ2) is 8.59. The molecule has 2 N–H and O–H groups in total. The number of thiophene rings is 1. The van der Waals surface area contributed by atoms with Crippen LogP contribution in [-0.4, -0.2) is 15.9 Å². The minimum atomic E-state index is -0.480. The third-order valence-corrected chi connectivity index (χ3v) is 6.90. The first kappa shape index (κ1) is 20.5. The Labute approximate surface area is 189 Å². The standard InChI is InChI=1S/C25H23N3O3S/c1-15-11-12-18-20(13-15)32-24-22(18)23(29)27-21(28-24)14-31-25(30)17-9-5-6-10-19(17)26-16-7-3-2-4-8-16/h2-10,15,26H,11-14H2,1H3,(H,27,28,29). The number of aromatic amines is 1. The van der Waals surface area contributed by atoms with Gasteiger partial charge in [-0.25, -0.2) is 9.78 Å². The number of aromatic nitrogens is 2. The van der Waals surface area contributed by atoms with E-state index in [0.29, 0.717) is 28.4 Å². The maximum Gasteiger partial charge on any atom is 0.340 e. The molecule has 1 atom stereocenters. The number of H-pyrrole nitrogens is 1. The van der Waals surface area contributed by atoms with E-state index in [9.17, 15) is 9.59 Å². The SMILES string of the molecule is CC1CCc2c(sc3nc(COC(=O)c4ccccc4Nc4ccccc4)[nH]c(=O)c23)C1. The Hall–Kier alpha value is -3.45. The number of nitrogens with zero attached hydrogens (tertiary/aromatic N) is 1. The summed E-state index contributed by atoms with van der Waals surface area (Å²) in [5.74, 6) is 0.502. The van der Waals surface area contributed by atoms with Crippen LogP contribution in [0, 0.1) is 5.92 Å². The van der Waals surface area contributed by atoms with Crippen LogP contribution in [0.15, 0.2) is 59.4 Å². The van der Waals surface area contributed by atoms with Gasteiger partial charge in [0.25, 0.3) is 5.56 Å². The molecule has 0 spiro atoms. The molecule has 0 aliphatic heterocycles. The van der Waals surface area contributed by atoms with E-state index in [1.165, 1.54) is 4.88 Å². The monoisotopic (exact) mass is 445 g/mol. The predicted molar refractivity (Wildman–Crippen MR) is 127 cm³/mol. The van der Waals surface area contributed by atoms with Crippen molar-refractivity contribution in [3.63, 3.8) is 0 Å². The average molecular weight is 446 g/mol. The summed E-state index contributed by atoms with van der Waals surface area (Å²) in [6, 6.07) is 16.8. The van der Waals surface area contributed by atoms with Crippen LogP contribution in [0.2, 0.25) is 0 Å². The molecule has 0 fully saturated rings. The smallest absolute Gasteiger partial charge is 0.340 e. The molecule has 6 nitrogen and oxygen atoms in total. The maximum absolute atomic E-state index is 12.8. The van der Waals surface area contributed by atoms with Gasteiger partial charge < -0.3 is 15.0 Å². The number of carbonyl (C=O) groups is 1. The van der Waals surface area contributed by atoms with Crippen molar-refractivity contribution in [2.45, 2.75) is 32.8 Å². The lowest BCUT2D eigenvalue weighted by molar-refractivity contribution is 0.0463. The zero-order valence-electron chi connectivity index (χ0n) is 17.7. The number of rotatable bonds is 5. The molecular weight excluding hydrogens is 422 g/mol. The van der Waals surface area contributed by atoms with Crippen LogP contribution in [0.3, 0.4) is 0 Å². The lowest BCUT2D eigenvalue weighted by atomic mass is 9.89. The predicted octanol–water partition coefficient (Wildman–Crippen LogP) is 5.21. The fourth-order valence-corrected chi connectivity index (χ4v) is 5.52. The van der Waals surface area contributed by atoms with Crippen LogP contribution in [-0.2, 0) is 24.2 Å². The first-order valence-corrected chi connectivity index (χ1v) is 11.5. The number of hydrogen-bond acceptors (Lipinski definition) is 6. The number of hydrogen-bond donors (Lipinski definition) is 2. The van der Waals surface area contributed by atoms with Crippen LogP contribution in [0.4, 0.5) is 11.4 Å². The Bertz CT molecular complexity index is 1340. The van der Waals surface area contributed by atoms with Gasteiger partial charge in [0.2, 0.25) is 0 Å². The Morgan fingerprint density at radius 3 is 2.81 bits per heavy atom. The Balaban J connectivity index is 1.35. The number of aryl methyl sites for hydroxylation is 1. The molecule has 0 saturated heterocycles. The maximum atomic E-state index is 12.8. The first-order valence-electron chi connectivity index (χ1n) is 10.7. The highest BCUT2D eigenvalue weighted by Gasteiger charge is 2.23. The topological polar surface area (TPSA) is 84.1 Å². The van der Waals surface area contributed by atoms with Gasteiger partial charge in [-0.1, -0.05) is 37.3 Å². The molecule has 4 aromatic rings. The van der Waals surface area contributed by atoms with Crippen LogP contribution in [0.1, 0.15) is 40.0 Å². The van der Waals surface area contributed by atoms with E-state index >= 15 is 0 Å². The summed E-state index contributed by atoms with van der Waals surface area (Å²) in [5, 5.41) is 3.94. The summed E-state index contributed by atoms with van der Waals surface area (Å²) in [7, 11) is 0. The zero-order valence-corrected chi connectivity index (χ0v) is 18.5. The molecule has 2 aromatic heterocycles. The number of para-hydroxylation sites is 2. The van der Waals surface area contributed by atoms with E-state index in [0.717, 1.165) is 35.3 Å². The molecule has 5 rings (SSSR count). The van der Waals surface area contributed by atoms with Crippen LogP contribution < -0.4 is 10.9 Å². The highest BCUT2D eigenvalue weighted by Crippen LogP contribution is 2.35. The molecule has 0 saturated carbocycles. The van der Waals surface area contributed by atoms with Crippen molar-refractivity contribution < 1.29 is 9.53 Å². The van der Waals surface area contributed by atoms with Gasteiger partial charge in [-0.3, -0.25) is 4.79 Å². The van der Waals surface area contributed by atoms with E-state index < -0.39 is 5.97 Å². The van der Waals surface area contributed by atoms with Gasteiger partial charge in [-0.15, -0.1) is 11.3 Å². The van der Waals surface area contributed by atoms with Crippen molar-refractivity contribution in [3.8, 4) is 0 Å². The largest absolute Gasteiger partial charge is 0.454 e. The zero-order chi connectivity index (χ0) is 22.1. The number of benzene rings is 2. The van der Waals surface area contributed by atoms with Gasteiger partial charge in [0.1, 0.15) is 17.3 Å². The summed E-state index contributed by atoms with van der Waals surface area (Å²) < 4.78 is 5.51. The Morgan fingerprint density at radius 1 is 1.19 bits per heavy atom. The second-order valence-electron chi connectivity index (χ2n) is 8.16. The van der Waals surface area contributed by atoms with E-state index in [-0.39, 0.29) is 12.2 Å². The molecule has 0 amide bonds. The van der Waals surface area contributed by atoms with Crippen LogP contribution in [0.25, 0.3) is 10.2 Å². The number of carbonyl (C=O) groups excluding carboxylic acids is 1. The molecule has 1 aliphatic carbocycles. The average Bonchev–Trinajstić information content (AvgIpc) is 3.16. The highest BCUT2D eigenvalue weighted by molar-refractivity contribution is 7.18. The number of fused-ring (bicyclic) bond motifs is 3. The molecule has 2 heterocycles. The van der Waals surface area contributed by atoms with Gasteiger partial charge in [-0.05, 0) is 55.0 Å². The van der Waals surface area contributed by atoms with Crippen molar-refractivity contribution in [1.82, 2.24) is 9.97 Å². The first-order chi connectivity index (χ1) is 15.6. The minimum absolute atomic E-state index is 0.0946. The molecule has 1 unspecified atom stereocenters. The molecule has 1 aliphatic rings. The number of anilines is 2. The summed E-state index contributed by atoms with van der Waals surface area (Å²) in [6.07, 6.45) is 3.00. The Kier molecular flexibility index (Phi) is 5.49. The normalized spacial score (nSPS) is 15.3. The van der Waals surface area contributed by atoms with E-state index in [4.69, 9.17) is 4.74 Å². The second-order valence-corrected chi connectivity index (χ2v) is 9.24. The molecular formula is C25H23N3O3S. The third-order valence-electron chi connectivity index (χ3n) is 5.75. The number of esters is 1. The minimum Gasteiger partial charge on any atom is -0.454 e. The highest BCUT2D eigenvalue weighted by atomic mass is 32.1. The molecule has 2 aromatic carbocycles. The van der Waals surface area contributed by atoms with Crippen molar-refractivity contribution >= 4 is 38.9 Å². The summed E-state index contributed by atoms with van der Waals surface area (Å²) >= 11 is 1.58. The van der Waals surface area contributed by atoms with Crippen molar-refractivity contribution in [1.29, 1.82) is 0 Å². The summed E-state index contributed by atoms with van der Waals surface area (Å²) in [5.41, 5.74) is 2.93. The van der Waals surface area contributed by atoms with E-state index in [1.807, 2.05) is 42.5 Å². The number of nitrogens with one attached hydrogen (secondary N) is 2. The van der Waals surface area contributed by atoms with Gasteiger partial charge >= 0.3 is 5.97 Å². The fraction of sp³-hybridized carbons (Fsp3) is 0.240. The molecule has 32 heavy (non-hydrogen) atoms. The van der Waals surface area contributed by atoms with E-state index in [1.54, 1.807) is 23.5 Å². The third kappa shape index (κ3) is 4.03. The van der Waals surface area contributed by atoms with E-state index in [2.05, 4.69) is 22.2 Å². The van der Waals surface area contributed by atoms with Gasteiger partial charge in [0.05, 0.1) is 16.6 Å². The van der Waals surface area contributed by atoms with Gasteiger partial charge in [-0.2, -0.15) is 0 Å². The number of ether oxygens (including phenoxy) is 1. The van der Waals surface area contributed by atoms with Crippen molar-refractivity contribution in [2.24, 2.45) is 5.92 Å². The Morgan fingerprint density at radius 2 is 1.97 bits per heavy atom. The van der Waals surface area contributed by atoms with Crippen molar-refractivity contribution in [2.75, 3.05) is 5.32 Å². The molecule has 0 radical (unpaired) electrons. The van der Waals surface area contributed by atoms with Gasteiger partial charge in [0.15, 0.2) is 0 Å². The summed E-state index contributed by atoms with van der Waals surface area (Å²) in [4.78, 5) is 34.9. The van der Waals surface area contributed by atoms with Crippen LogP contribution in [0.5, 0.6) is 0 Å². The van der Waals surface area contributed by atoms with Gasteiger partial charge in [0, 0.05) is 10.6 Å². The molecule has 162 valence electrons. The summed E-state index contributed by atoms with van der Waals surface area (Å²) in [6.45, 7) is 2.14. The van der Waals surface area contributed by atoms with Crippen molar-refractivity contribution in [3.05, 3.63) is 86.8 Å². The molecule has 7 heteroatoms. The molecule has 0 bridgehead atoms. The lowest BCUT2D eigenvalue weighted by Gasteiger charge is -2.17. The van der Waals surface area contributed by atoms with Crippen LogP contribution >= 0.6 is 11.3 Å².